The second-order valence-corrected chi connectivity index (χ2v) is 5.39. The number of pyridine rings is 1. The number of nitrogens with one attached hydrogen (secondary N) is 1. The lowest BCUT2D eigenvalue weighted by atomic mass is 10.3. The molecule has 3 nitrogen and oxygen atoms in total. The number of ether oxygens (including phenoxy) is 1. The summed E-state index contributed by atoms with van der Waals surface area (Å²) in [6.45, 7) is 2.60. The number of halogens is 4. The van der Waals surface area contributed by atoms with Crippen LogP contribution in [0.1, 0.15) is 6.92 Å². The van der Waals surface area contributed by atoms with Crippen molar-refractivity contribution in [2.75, 3.05) is 11.9 Å². The van der Waals surface area contributed by atoms with E-state index in [-0.39, 0.29) is 10.9 Å². The van der Waals surface area contributed by atoms with Gasteiger partial charge in [0.1, 0.15) is 21.6 Å². The standard InChI is InChI=1S/C13H10Cl4N2O/c1-2-18-12-8(15)6-9(16)13(19-12)20-10-5-3-4-7(14)11(10)17/h3-6H,2H2,1H3,(H,18,19). The van der Waals surface area contributed by atoms with Crippen molar-refractivity contribution < 1.29 is 4.74 Å². The van der Waals surface area contributed by atoms with E-state index in [0.717, 1.165) is 0 Å². The van der Waals surface area contributed by atoms with Crippen LogP contribution in [0.2, 0.25) is 20.1 Å². The van der Waals surface area contributed by atoms with Gasteiger partial charge in [-0.15, -0.1) is 0 Å². The highest BCUT2D eigenvalue weighted by molar-refractivity contribution is 6.43. The molecule has 0 fully saturated rings. The number of benzene rings is 1. The Hall–Kier alpha value is -0.870. The molecule has 20 heavy (non-hydrogen) atoms. The number of rotatable bonds is 4. The zero-order chi connectivity index (χ0) is 14.7. The van der Waals surface area contributed by atoms with Gasteiger partial charge in [-0.3, -0.25) is 0 Å². The average Bonchev–Trinajstić information content (AvgIpc) is 2.40. The largest absolute Gasteiger partial charge is 0.436 e. The molecule has 0 aliphatic rings. The first-order valence-electron chi connectivity index (χ1n) is 5.74. The van der Waals surface area contributed by atoms with Crippen LogP contribution >= 0.6 is 46.4 Å². The van der Waals surface area contributed by atoms with Crippen LogP contribution in [0.15, 0.2) is 24.3 Å². The van der Waals surface area contributed by atoms with E-state index in [0.29, 0.717) is 33.2 Å². The van der Waals surface area contributed by atoms with E-state index in [1.54, 1.807) is 24.3 Å². The molecule has 1 N–H and O–H groups in total. The Bertz CT molecular complexity index is 634. The summed E-state index contributed by atoms with van der Waals surface area (Å²) in [5.74, 6) is 1.07. The van der Waals surface area contributed by atoms with Crippen molar-refractivity contribution in [3.63, 3.8) is 0 Å². The van der Waals surface area contributed by atoms with Gasteiger partial charge >= 0.3 is 0 Å². The molecule has 0 saturated heterocycles. The van der Waals surface area contributed by atoms with Crippen LogP contribution < -0.4 is 10.1 Å². The van der Waals surface area contributed by atoms with Gasteiger partial charge in [0.15, 0.2) is 0 Å². The maximum atomic E-state index is 6.07. The number of anilines is 1. The molecule has 0 radical (unpaired) electrons. The highest BCUT2D eigenvalue weighted by Crippen LogP contribution is 2.38. The van der Waals surface area contributed by atoms with Crippen molar-refractivity contribution in [1.82, 2.24) is 4.98 Å². The molecule has 0 amide bonds. The Labute approximate surface area is 136 Å². The third-order valence-electron chi connectivity index (χ3n) is 2.36. The van der Waals surface area contributed by atoms with Crippen LogP contribution in [0.25, 0.3) is 0 Å². The van der Waals surface area contributed by atoms with E-state index in [1.807, 2.05) is 6.92 Å². The van der Waals surface area contributed by atoms with E-state index in [9.17, 15) is 0 Å². The van der Waals surface area contributed by atoms with Gasteiger partial charge in [0.05, 0.1) is 10.0 Å². The van der Waals surface area contributed by atoms with E-state index >= 15 is 0 Å². The van der Waals surface area contributed by atoms with Crippen molar-refractivity contribution in [3.8, 4) is 11.6 Å². The molecule has 0 bridgehead atoms. The van der Waals surface area contributed by atoms with E-state index in [2.05, 4.69) is 10.3 Å². The van der Waals surface area contributed by atoms with Crippen LogP contribution in [0.3, 0.4) is 0 Å². The predicted molar refractivity (Wildman–Crippen MR) is 85.0 cm³/mol. The lowest BCUT2D eigenvalue weighted by Gasteiger charge is -2.12. The van der Waals surface area contributed by atoms with Gasteiger partial charge in [-0.2, -0.15) is 4.98 Å². The molecule has 0 atom stereocenters. The van der Waals surface area contributed by atoms with Crippen molar-refractivity contribution in [1.29, 1.82) is 0 Å². The molecule has 2 rings (SSSR count). The van der Waals surface area contributed by atoms with Crippen LogP contribution in [0, 0.1) is 0 Å². The summed E-state index contributed by atoms with van der Waals surface area (Å²) in [7, 11) is 0. The molecule has 0 unspecified atom stereocenters. The van der Waals surface area contributed by atoms with Crippen LogP contribution in [-0.4, -0.2) is 11.5 Å². The average molecular weight is 352 g/mol. The molecule has 2 aromatic rings. The monoisotopic (exact) mass is 350 g/mol. The molecule has 7 heteroatoms. The smallest absolute Gasteiger partial charge is 0.240 e. The van der Waals surface area contributed by atoms with E-state index in [1.165, 1.54) is 0 Å². The maximum absolute atomic E-state index is 6.07. The highest BCUT2D eigenvalue weighted by atomic mass is 35.5. The third-order valence-corrected chi connectivity index (χ3v) is 3.72. The topological polar surface area (TPSA) is 34.2 Å². The molecule has 0 spiro atoms. The fraction of sp³-hybridized carbons (Fsp3) is 0.154. The zero-order valence-electron chi connectivity index (χ0n) is 10.4. The molecule has 0 saturated carbocycles. The lowest BCUT2D eigenvalue weighted by molar-refractivity contribution is 0.464. The second kappa shape index (κ2) is 6.72. The minimum absolute atomic E-state index is 0.205. The first-order chi connectivity index (χ1) is 9.52. The first kappa shape index (κ1) is 15.5. The Kier molecular flexibility index (Phi) is 5.22. The van der Waals surface area contributed by atoms with Crippen molar-refractivity contribution >= 4 is 52.2 Å². The molecular weight excluding hydrogens is 342 g/mol. The summed E-state index contributed by atoms with van der Waals surface area (Å²) in [6, 6.07) is 6.62. The minimum atomic E-state index is 0.205. The van der Waals surface area contributed by atoms with E-state index in [4.69, 9.17) is 51.1 Å². The van der Waals surface area contributed by atoms with Crippen molar-refractivity contribution in [2.45, 2.75) is 6.92 Å². The number of aromatic nitrogens is 1. The van der Waals surface area contributed by atoms with Crippen molar-refractivity contribution in [2.24, 2.45) is 0 Å². The van der Waals surface area contributed by atoms with Gasteiger partial charge in [0, 0.05) is 6.54 Å². The van der Waals surface area contributed by atoms with Gasteiger partial charge in [0.25, 0.3) is 0 Å². The summed E-state index contributed by atoms with van der Waals surface area (Å²) in [5.41, 5.74) is 0. The Morgan fingerprint density at radius 2 is 1.85 bits per heavy atom. The summed E-state index contributed by atoms with van der Waals surface area (Å²) < 4.78 is 5.60. The third kappa shape index (κ3) is 3.41. The van der Waals surface area contributed by atoms with Crippen LogP contribution in [0.5, 0.6) is 11.6 Å². The predicted octanol–water partition coefficient (Wildman–Crippen LogP) is 5.92. The van der Waals surface area contributed by atoms with Gasteiger partial charge in [-0.25, -0.2) is 0 Å². The fourth-order valence-corrected chi connectivity index (χ4v) is 2.27. The quantitative estimate of drug-likeness (QED) is 0.742. The Morgan fingerprint density at radius 1 is 1.10 bits per heavy atom. The number of nitrogens with zero attached hydrogens (tertiary/aromatic N) is 1. The molecule has 106 valence electrons. The second-order valence-electron chi connectivity index (χ2n) is 3.79. The van der Waals surface area contributed by atoms with Crippen LogP contribution in [0.4, 0.5) is 5.82 Å². The fourth-order valence-electron chi connectivity index (χ4n) is 1.48. The molecule has 1 aromatic heterocycles. The zero-order valence-corrected chi connectivity index (χ0v) is 13.4. The molecule has 1 aromatic carbocycles. The van der Waals surface area contributed by atoms with Gasteiger partial charge in [-0.1, -0.05) is 52.5 Å². The summed E-state index contributed by atoms with van der Waals surface area (Å²) in [6.07, 6.45) is 0. The first-order valence-corrected chi connectivity index (χ1v) is 7.26. The SMILES string of the molecule is CCNc1nc(Oc2cccc(Cl)c2Cl)c(Cl)cc1Cl. The molecular formula is C13H10Cl4N2O. The molecule has 1 heterocycles. The van der Waals surface area contributed by atoms with Gasteiger partial charge < -0.3 is 10.1 Å². The summed E-state index contributed by atoms with van der Waals surface area (Å²) >= 11 is 24.1. The lowest BCUT2D eigenvalue weighted by Crippen LogP contribution is -2.01. The van der Waals surface area contributed by atoms with Gasteiger partial charge in [-0.05, 0) is 25.1 Å². The summed E-state index contributed by atoms with van der Waals surface area (Å²) in [4.78, 5) is 4.23. The van der Waals surface area contributed by atoms with E-state index < -0.39 is 0 Å². The molecule has 0 aliphatic carbocycles. The normalized spacial score (nSPS) is 10.4. The van der Waals surface area contributed by atoms with Crippen molar-refractivity contribution in [3.05, 3.63) is 44.4 Å². The Balaban J connectivity index is 2.38. The highest BCUT2D eigenvalue weighted by Gasteiger charge is 2.13. The maximum Gasteiger partial charge on any atom is 0.240 e. The minimum Gasteiger partial charge on any atom is -0.436 e. The van der Waals surface area contributed by atoms with Gasteiger partial charge in [0.2, 0.25) is 5.88 Å². The Morgan fingerprint density at radius 3 is 2.55 bits per heavy atom. The molecule has 0 aliphatic heterocycles. The number of hydrogen-bond donors (Lipinski definition) is 1. The summed E-state index contributed by atoms with van der Waals surface area (Å²) in [5, 5.41) is 4.41. The number of hydrogen-bond acceptors (Lipinski definition) is 3. The van der Waals surface area contributed by atoms with Crippen LogP contribution in [-0.2, 0) is 0 Å².